The number of fused-ring (bicyclic) bond motifs is 2. The summed E-state index contributed by atoms with van der Waals surface area (Å²) >= 11 is 0. The van der Waals surface area contributed by atoms with Gasteiger partial charge in [-0.1, -0.05) is 24.6 Å². The molecule has 4 atom stereocenters. The summed E-state index contributed by atoms with van der Waals surface area (Å²) in [6.07, 6.45) is 7.23. The highest BCUT2D eigenvalue weighted by atomic mass is 16.2. The molecule has 2 aromatic rings. The normalized spacial score (nSPS) is 27.1. The number of rotatable bonds is 4. The number of hydrogen-bond donors (Lipinski definition) is 1. The van der Waals surface area contributed by atoms with Crippen molar-refractivity contribution in [1.29, 1.82) is 0 Å². The average Bonchev–Trinajstić information content (AvgIpc) is 3.31. The SMILES string of the molecule is C[C@H](NC(=O)c1ccn(-c2ccccc2)n1)[C@H]1C[C@H]2CC[C@H]1C2. The number of benzene rings is 1. The van der Waals surface area contributed by atoms with Gasteiger partial charge in [0.2, 0.25) is 0 Å². The third kappa shape index (κ3) is 2.78. The molecule has 23 heavy (non-hydrogen) atoms. The van der Waals surface area contributed by atoms with Crippen molar-refractivity contribution < 1.29 is 4.79 Å². The van der Waals surface area contributed by atoms with E-state index in [4.69, 9.17) is 0 Å². The van der Waals surface area contributed by atoms with Crippen LogP contribution in [0.1, 0.15) is 43.1 Å². The topological polar surface area (TPSA) is 46.9 Å². The molecule has 2 fully saturated rings. The van der Waals surface area contributed by atoms with E-state index in [9.17, 15) is 4.79 Å². The Morgan fingerprint density at radius 2 is 2.04 bits per heavy atom. The van der Waals surface area contributed by atoms with Crippen molar-refractivity contribution in [1.82, 2.24) is 15.1 Å². The van der Waals surface area contributed by atoms with Gasteiger partial charge in [0.05, 0.1) is 5.69 Å². The van der Waals surface area contributed by atoms with E-state index in [0.29, 0.717) is 11.6 Å². The van der Waals surface area contributed by atoms with Crippen LogP contribution in [0.5, 0.6) is 0 Å². The number of aromatic nitrogens is 2. The van der Waals surface area contributed by atoms with Gasteiger partial charge in [0, 0.05) is 12.2 Å². The molecule has 4 heteroatoms. The number of hydrogen-bond acceptors (Lipinski definition) is 2. The zero-order valence-electron chi connectivity index (χ0n) is 13.5. The Morgan fingerprint density at radius 3 is 2.74 bits per heavy atom. The summed E-state index contributed by atoms with van der Waals surface area (Å²) in [5, 5.41) is 7.59. The molecular formula is C19H23N3O. The summed E-state index contributed by atoms with van der Waals surface area (Å²) in [5.41, 5.74) is 1.46. The second-order valence-electron chi connectivity index (χ2n) is 7.08. The van der Waals surface area contributed by atoms with Crippen LogP contribution in [-0.4, -0.2) is 21.7 Å². The lowest BCUT2D eigenvalue weighted by molar-refractivity contribution is 0.0910. The fraction of sp³-hybridized carbons (Fsp3) is 0.474. The predicted octanol–water partition coefficient (Wildman–Crippen LogP) is 3.43. The molecule has 4 rings (SSSR count). The Balaban J connectivity index is 1.42. The van der Waals surface area contributed by atoms with E-state index in [0.717, 1.165) is 17.5 Å². The molecule has 4 nitrogen and oxygen atoms in total. The van der Waals surface area contributed by atoms with Gasteiger partial charge in [0.1, 0.15) is 0 Å². The fourth-order valence-corrected chi connectivity index (χ4v) is 4.46. The molecule has 0 spiro atoms. The quantitative estimate of drug-likeness (QED) is 0.940. The molecule has 1 amide bonds. The Kier molecular flexibility index (Phi) is 3.68. The average molecular weight is 309 g/mol. The van der Waals surface area contributed by atoms with E-state index in [1.54, 1.807) is 10.7 Å². The summed E-state index contributed by atoms with van der Waals surface area (Å²) < 4.78 is 1.75. The molecule has 2 aliphatic rings. The van der Waals surface area contributed by atoms with Crippen molar-refractivity contribution in [2.75, 3.05) is 0 Å². The minimum atomic E-state index is -0.0602. The van der Waals surface area contributed by atoms with Crippen molar-refractivity contribution in [3.05, 3.63) is 48.3 Å². The lowest BCUT2D eigenvalue weighted by atomic mass is 9.84. The molecule has 2 saturated carbocycles. The number of nitrogens with zero attached hydrogens (tertiary/aromatic N) is 2. The first-order chi connectivity index (χ1) is 11.2. The van der Waals surface area contributed by atoms with Crippen LogP contribution in [0.15, 0.2) is 42.6 Å². The minimum Gasteiger partial charge on any atom is -0.348 e. The molecule has 0 radical (unpaired) electrons. The fourth-order valence-electron chi connectivity index (χ4n) is 4.46. The minimum absolute atomic E-state index is 0.0602. The molecule has 120 valence electrons. The zero-order valence-corrected chi connectivity index (χ0v) is 13.5. The van der Waals surface area contributed by atoms with Crippen LogP contribution in [0.2, 0.25) is 0 Å². The summed E-state index contributed by atoms with van der Waals surface area (Å²) in [7, 11) is 0. The van der Waals surface area contributed by atoms with Gasteiger partial charge in [0.25, 0.3) is 5.91 Å². The van der Waals surface area contributed by atoms with Crippen LogP contribution < -0.4 is 5.32 Å². The standard InChI is InChI=1S/C19H23N3O/c1-13(17-12-14-7-8-15(17)11-14)20-19(23)18-9-10-22(21-18)16-5-3-2-4-6-16/h2-6,9-10,13-15,17H,7-8,11-12H2,1H3,(H,20,23)/t13-,14-,15-,17+/m0/s1. The molecule has 0 unspecified atom stereocenters. The van der Waals surface area contributed by atoms with Crippen molar-refractivity contribution in [2.24, 2.45) is 17.8 Å². The van der Waals surface area contributed by atoms with Crippen LogP contribution in [0.3, 0.4) is 0 Å². The van der Waals surface area contributed by atoms with Gasteiger partial charge >= 0.3 is 0 Å². The van der Waals surface area contributed by atoms with Crippen molar-refractivity contribution in [3.63, 3.8) is 0 Å². The van der Waals surface area contributed by atoms with Crippen LogP contribution in [0.4, 0.5) is 0 Å². The molecule has 1 aromatic heterocycles. The first kappa shape index (κ1) is 14.5. The first-order valence-electron chi connectivity index (χ1n) is 8.62. The van der Waals surface area contributed by atoms with Crippen molar-refractivity contribution >= 4 is 5.91 Å². The van der Waals surface area contributed by atoms with Gasteiger partial charge in [-0.3, -0.25) is 4.79 Å². The van der Waals surface area contributed by atoms with Crippen LogP contribution in [0.25, 0.3) is 5.69 Å². The maximum atomic E-state index is 12.5. The lowest BCUT2D eigenvalue weighted by Crippen LogP contribution is -2.40. The third-order valence-corrected chi connectivity index (χ3v) is 5.64. The Labute approximate surface area is 136 Å². The number of carbonyl (C=O) groups excluding carboxylic acids is 1. The van der Waals surface area contributed by atoms with E-state index < -0.39 is 0 Å². The number of para-hydroxylation sites is 1. The predicted molar refractivity (Wildman–Crippen MR) is 89.4 cm³/mol. The number of amides is 1. The number of carbonyl (C=O) groups is 1. The van der Waals surface area contributed by atoms with Crippen molar-refractivity contribution in [2.45, 2.75) is 38.6 Å². The van der Waals surface area contributed by atoms with E-state index in [1.807, 2.05) is 36.5 Å². The van der Waals surface area contributed by atoms with E-state index >= 15 is 0 Å². The largest absolute Gasteiger partial charge is 0.348 e. The Hall–Kier alpha value is -2.10. The Bertz CT molecular complexity index is 694. The maximum Gasteiger partial charge on any atom is 0.272 e. The maximum absolute atomic E-state index is 12.5. The summed E-state index contributed by atoms with van der Waals surface area (Å²) in [6.45, 7) is 2.15. The van der Waals surface area contributed by atoms with Gasteiger partial charge in [0.15, 0.2) is 5.69 Å². The molecule has 1 aromatic carbocycles. The molecule has 0 aliphatic heterocycles. The molecule has 2 aliphatic carbocycles. The van der Waals surface area contributed by atoms with Crippen molar-refractivity contribution in [3.8, 4) is 5.69 Å². The van der Waals surface area contributed by atoms with Gasteiger partial charge < -0.3 is 5.32 Å². The monoisotopic (exact) mass is 309 g/mol. The van der Waals surface area contributed by atoms with E-state index in [-0.39, 0.29) is 11.9 Å². The second-order valence-corrected chi connectivity index (χ2v) is 7.08. The summed E-state index contributed by atoms with van der Waals surface area (Å²) in [6, 6.07) is 11.9. The smallest absolute Gasteiger partial charge is 0.272 e. The lowest BCUT2D eigenvalue weighted by Gasteiger charge is -2.28. The van der Waals surface area contributed by atoms with Gasteiger partial charge in [-0.05, 0) is 62.1 Å². The van der Waals surface area contributed by atoms with Crippen LogP contribution in [0, 0.1) is 17.8 Å². The highest BCUT2D eigenvalue weighted by Crippen LogP contribution is 2.49. The summed E-state index contributed by atoms with van der Waals surface area (Å²) in [5.74, 6) is 2.31. The molecule has 0 saturated heterocycles. The molecule has 2 bridgehead atoms. The van der Waals surface area contributed by atoms with E-state index in [1.165, 1.54) is 25.7 Å². The first-order valence-corrected chi connectivity index (χ1v) is 8.62. The van der Waals surface area contributed by atoms with Gasteiger partial charge in [-0.15, -0.1) is 0 Å². The zero-order chi connectivity index (χ0) is 15.8. The molecule has 1 heterocycles. The highest BCUT2D eigenvalue weighted by molar-refractivity contribution is 5.92. The number of nitrogens with one attached hydrogen (secondary N) is 1. The molecule has 1 N–H and O–H groups in total. The summed E-state index contributed by atoms with van der Waals surface area (Å²) in [4.78, 5) is 12.5. The van der Waals surface area contributed by atoms with Gasteiger partial charge in [-0.25, -0.2) is 4.68 Å². The van der Waals surface area contributed by atoms with Gasteiger partial charge in [-0.2, -0.15) is 5.10 Å². The van der Waals surface area contributed by atoms with Crippen LogP contribution in [-0.2, 0) is 0 Å². The third-order valence-electron chi connectivity index (χ3n) is 5.64. The second kappa shape index (κ2) is 5.84. The Morgan fingerprint density at radius 1 is 1.22 bits per heavy atom. The highest BCUT2D eigenvalue weighted by Gasteiger charge is 2.42. The molecular weight excluding hydrogens is 286 g/mol. The van der Waals surface area contributed by atoms with Crippen LogP contribution >= 0.6 is 0 Å². The van der Waals surface area contributed by atoms with E-state index in [2.05, 4.69) is 17.3 Å².